The molecule has 0 radical (unpaired) electrons. The standard InChI is InChI=1S/C25H23N3OS/c26-16-17-5-4-8-19(13-17)20-9-10-22-21(14-20)25(11-12-30-24(27)28-25)15-23(29-22)18-6-2-1-3-7-18/h1-10,13,20,23H,11-12,14-15H2,(H2,27,28). The Hall–Kier alpha value is -2.97. The Labute approximate surface area is 181 Å². The highest BCUT2D eigenvalue weighted by molar-refractivity contribution is 8.13. The van der Waals surface area contributed by atoms with E-state index in [1.165, 1.54) is 11.1 Å². The lowest BCUT2D eigenvalue weighted by molar-refractivity contribution is 0.0680. The van der Waals surface area contributed by atoms with Gasteiger partial charge in [0.2, 0.25) is 0 Å². The molecule has 3 aliphatic rings. The lowest BCUT2D eigenvalue weighted by Crippen LogP contribution is -2.42. The van der Waals surface area contributed by atoms with E-state index in [0.717, 1.165) is 36.3 Å². The zero-order valence-electron chi connectivity index (χ0n) is 16.6. The highest BCUT2D eigenvalue weighted by Gasteiger charge is 2.46. The van der Waals surface area contributed by atoms with Crippen LogP contribution in [-0.2, 0) is 4.74 Å². The Balaban J connectivity index is 1.54. The zero-order chi connectivity index (χ0) is 20.6. The lowest BCUT2D eigenvalue weighted by Gasteiger charge is -2.45. The second-order valence-corrected chi connectivity index (χ2v) is 9.17. The maximum Gasteiger partial charge on any atom is 0.154 e. The van der Waals surface area contributed by atoms with Crippen molar-refractivity contribution in [1.82, 2.24) is 0 Å². The summed E-state index contributed by atoms with van der Waals surface area (Å²) >= 11 is 1.63. The number of amidine groups is 1. The average Bonchev–Trinajstić information content (AvgIpc) is 2.79. The summed E-state index contributed by atoms with van der Waals surface area (Å²) in [6.45, 7) is 0. The number of nitriles is 1. The Bertz CT molecular complexity index is 1100. The van der Waals surface area contributed by atoms with Crippen molar-refractivity contribution in [1.29, 1.82) is 5.26 Å². The first kappa shape index (κ1) is 19.0. The molecule has 1 aliphatic carbocycles. The van der Waals surface area contributed by atoms with Crippen LogP contribution in [0.2, 0.25) is 0 Å². The van der Waals surface area contributed by atoms with Crippen molar-refractivity contribution in [3.8, 4) is 6.07 Å². The predicted octanol–water partition coefficient (Wildman–Crippen LogP) is 5.21. The van der Waals surface area contributed by atoms with Crippen molar-refractivity contribution in [2.24, 2.45) is 10.7 Å². The zero-order valence-corrected chi connectivity index (χ0v) is 17.4. The SMILES string of the molecule is N#Cc1cccc(C2C=CC3=C(C2)C2(CCSC(N)=N2)CC(c2ccccc2)O3)c1. The minimum Gasteiger partial charge on any atom is -0.486 e. The third-order valence-electron chi connectivity index (χ3n) is 6.26. The van der Waals surface area contributed by atoms with E-state index in [0.29, 0.717) is 10.7 Å². The first-order chi connectivity index (χ1) is 14.7. The Morgan fingerprint density at radius 1 is 1.13 bits per heavy atom. The van der Waals surface area contributed by atoms with E-state index >= 15 is 0 Å². The van der Waals surface area contributed by atoms with Crippen LogP contribution in [0.4, 0.5) is 0 Å². The van der Waals surface area contributed by atoms with Gasteiger partial charge in [-0.1, -0.05) is 60.3 Å². The molecule has 2 aliphatic heterocycles. The molecule has 3 atom stereocenters. The summed E-state index contributed by atoms with van der Waals surface area (Å²) in [4.78, 5) is 5.03. The van der Waals surface area contributed by atoms with E-state index < -0.39 is 0 Å². The number of nitrogens with zero attached hydrogens (tertiary/aromatic N) is 2. The molecule has 5 rings (SSSR count). The van der Waals surface area contributed by atoms with Crippen LogP contribution in [0.3, 0.4) is 0 Å². The maximum absolute atomic E-state index is 9.28. The minimum absolute atomic E-state index is 0.0345. The molecule has 3 unspecified atom stereocenters. The predicted molar refractivity (Wildman–Crippen MR) is 121 cm³/mol. The van der Waals surface area contributed by atoms with Crippen LogP contribution in [0.25, 0.3) is 0 Å². The topological polar surface area (TPSA) is 71.4 Å². The fraction of sp³-hybridized carbons (Fsp3) is 0.280. The van der Waals surface area contributed by atoms with Crippen molar-refractivity contribution >= 4 is 16.9 Å². The van der Waals surface area contributed by atoms with Crippen LogP contribution in [0.5, 0.6) is 0 Å². The molecule has 0 bridgehead atoms. The monoisotopic (exact) mass is 413 g/mol. The maximum atomic E-state index is 9.28. The van der Waals surface area contributed by atoms with E-state index in [4.69, 9.17) is 15.5 Å². The van der Waals surface area contributed by atoms with Crippen LogP contribution in [-0.4, -0.2) is 16.5 Å². The fourth-order valence-electron chi connectivity index (χ4n) is 4.76. The summed E-state index contributed by atoms with van der Waals surface area (Å²) in [5.74, 6) is 2.11. The molecule has 2 aromatic rings. The van der Waals surface area contributed by atoms with Gasteiger partial charge in [-0.2, -0.15) is 5.26 Å². The van der Waals surface area contributed by atoms with Gasteiger partial charge in [0.05, 0.1) is 17.2 Å². The number of thioether (sulfide) groups is 1. The van der Waals surface area contributed by atoms with Gasteiger partial charge >= 0.3 is 0 Å². The van der Waals surface area contributed by atoms with Gasteiger partial charge in [0, 0.05) is 23.7 Å². The highest BCUT2D eigenvalue weighted by Crippen LogP contribution is 2.51. The van der Waals surface area contributed by atoms with Crippen molar-refractivity contribution < 1.29 is 4.74 Å². The Morgan fingerprint density at radius 3 is 2.77 bits per heavy atom. The summed E-state index contributed by atoms with van der Waals surface area (Å²) < 4.78 is 6.49. The van der Waals surface area contributed by atoms with Crippen LogP contribution < -0.4 is 5.73 Å². The molecule has 2 heterocycles. The normalized spacial score (nSPS) is 27.8. The molecule has 150 valence electrons. The molecular weight excluding hydrogens is 390 g/mol. The first-order valence-electron chi connectivity index (χ1n) is 10.3. The van der Waals surface area contributed by atoms with Gasteiger partial charge in [-0.25, -0.2) is 0 Å². The summed E-state index contributed by atoms with van der Waals surface area (Å²) in [6, 6.07) is 20.5. The number of nitrogens with two attached hydrogens (primary N) is 1. The van der Waals surface area contributed by atoms with E-state index in [2.05, 4.69) is 48.6 Å². The molecule has 0 saturated heterocycles. The second-order valence-electron chi connectivity index (χ2n) is 8.05. The molecule has 1 spiro atoms. The Kier molecular flexibility index (Phi) is 4.88. The van der Waals surface area contributed by atoms with Gasteiger partial charge in [-0.05, 0) is 42.2 Å². The molecule has 0 fully saturated rings. The minimum atomic E-state index is -0.320. The number of benzene rings is 2. The van der Waals surface area contributed by atoms with Crippen LogP contribution in [0.15, 0.2) is 83.1 Å². The van der Waals surface area contributed by atoms with Gasteiger partial charge in [-0.15, -0.1) is 0 Å². The molecule has 4 nitrogen and oxygen atoms in total. The lowest BCUT2D eigenvalue weighted by atomic mass is 9.72. The van der Waals surface area contributed by atoms with E-state index in [-0.39, 0.29) is 17.6 Å². The first-order valence-corrected chi connectivity index (χ1v) is 11.3. The third-order valence-corrected chi connectivity index (χ3v) is 7.06. The molecule has 30 heavy (non-hydrogen) atoms. The number of rotatable bonds is 2. The largest absolute Gasteiger partial charge is 0.486 e. The summed E-state index contributed by atoms with van der Waals surface area (Å²) in [7, 11) is 0. The molecule has 5 heteroatoms. The molecule has 2 aromatic carbocycles. The fourth-order valence-corrected chi connectivity index (χ4v) is 5.65. The van der Waals surface area contributed by atoms with Crippen molar-refractivity contribution in [2.45, 2.75) is 36.8 Å². The van der Waals surface area contributed by atoms with Gasteiger partial charge in [-0.3, -0.25) is 4.99 Å². The summed E-state index contributed by atoms with van der Waals surface area (Å²) in [5, 5.41) is 9.95. The average molecular weight is 414 g/mol. The highest BCUT2D eigenvalue weighted by atomic mass is 32.2. The Morgan fingerprint density at radius 2 is 1.97 bits per heavy atom. The number of ether oxygens (including phenoxy) is 1. The summed E-state index contributed by atoms with van der Waals surface area (Å²) in [6.07, 6.45) is 6.86. The molecule has 0 aromatic heterocycles. The number of hydrogen-bond acceptors (Lipinski definition) is 5. The van der Waals surface area contributed by atoms with Crippen molar-refractivity contribution in [3.63, 3.8) is 0 Å². The molecular formula is C25H23N3OS. The third kappa shape index (κ3) is 3.42. The van der Waals surface area contributed by atoms with E-state index in [9.17, 15) is 5.26 Å². The van der Waals surface area contributed by atoms with E-state index in [1.807, 2.05) is 24.3 Å². The number of allylic oxidation sites excluding steroid dienone is 2. The molecule has 0 saturated carbocycles. The van der Waals surface area contributed by atoms with Gasteiger partial charge < -0.3 is 10.5 Å². The van der Waals surface area contributed by atoms with Gasteiger partial charge in [0.15, 0.2) is 5.17 Å². The quantitative estimate of drug-likeness (QED) is 0.734. The number of hydrogen-bond donors (Lipinski definition) is 1. The van der Waals surface area contributed by atoms with Gasteiger partial charge in [0.1, 0.15) is 11.9 Å². The number of fused-ring (bicyclic) bond motifs is 1. The van der Waals surface area contributed by atoms with Gasteiger partial charge in [0.25, 0.3) is 0 Å². The van der Waals surface area contributed by atoms with Crippen LogP contribution in [0.1, 0.15) is 48.0 Å². The van der Waals surface area contributed by atoms with Crippen molar-refractivity contribution in [2.75, 3.05) is 5.75 Å². The smallest absolute Gasteiger partial charge is 0.154 e. The van der Waals surface area contributed by atoms with Crippen LogP contribution in [0, 0.1) is 11.3 Å². The summed E-state index contributed by atoms with van der Waals surface area (Å²) in [5.41, 5.74) is 10.2. The number of aliphatic imine (C=N–C) groups is 1. The van der Waals surface area contributed by atoms with E-state index in [1.54, 1.807) is 11.8 Å². The van der Waals surface area contributed by atoms with Crippen LogP contribution >= 0.6 is 11.8 Å². The molecule has 2 N–H and O–H groups in total. The van der Waals surface area contributed by atoms with Crippen molar-refractivity contribution in [3.05, 3.63) is 94.8 Å². The second kappa shape index (κ2) is 7.70. The molecule has 0 amide bonds.